The molecule has 0 bridgehead atoms. The van der Waals surface area contributed by atoms with Gasteiger partial charge in [0.05, 0.1) is 28.8 Å². The number of nitro benzene ring substituents is 1. The van der Waals surface area contributed by atoms with Crippen LogP contribution in [0.2, 0.25) is 0 Å². The third kappa shape index (κ3) is 6.09. The minimum Gasteiger partial charge on any atom is -0.465 e. The zero-order chi connectivity index (χ0) is 30.1. The molecule has 0 atom stereocenters. The number of benzene rings is 3. The summed E-state index contributed by atoms with van der Waals surface area (Å²) in [6.45, 7) is 0. The number of barbiturate groups is 1. The Morgan fingerprint density at radius 2 is 1.68 bits per heavy atom. The van der Waals surface area contributed by atoms with Gasteiger partial charge in [-0.15, -0.1) is 0 Å². The first-order chi connectivity index (χ1) is 19.3. The maximum Gasteiger partial charge on any atom is 0.416 e. The zero-order valence-electron chi connectivity index (χ0n) is 20.5. The van der Waals surface area contributed by atoms with Gasteiger partial charge < -0.3 is 9.47 Å². The molecule has 0 saturated carbocycles. The molecule has 15 heteroatoms. The Labute approximate surface area is 236 Å². The molecule has 0 aliphatic carbocycles. The van der Waals surface area contributed by atoms with Crippen LogP contribution in [0.1, 0.15) is 21.5 Å². The average molecular weight is 634 g/mol. The van der Waals surface area contributed by atoms with E-state index in [0.717, 1.165) is 12.1 Å². The van der Waals surface area contributed by atoms with Crippen molar-refractivity contribution in [3.05, 3.63) is 97.5 Å². The molecule has 1 fully saturated rings. The van der Waals surface area contributed by atoms with Gasteiger partial charge >= 0.3 is 23.9 Å². The normalized spacial score (nSPS) is 14.6. The molecule has 0 radical (unpaired) electrons. The molecular formula is C26H15BrF3N3O8. The summed E-state index contributed by atoms with van der Waals surface area (Å²) in [5.74, 6) is -3.45. The van der Waals surface area contributed by atoms with Crippen LogP contribution in [0, 0.1) is 10.1 Å². The number of hydrogen-bond donors (Lipinski definition) is 1. The van der Waals surface area contributed by atoms with Crippen LogP contribution in [0.4, 0.5) is 29.3 Å². The summed E-state index contributed by atoms with van der Waals surface area (Å²) >= 11 is 3.22. The highest BCUT2D eigenvalue weighted by Crippen LogP contribution is 2.39. The summed E-state index contributed by atoms with van der Waals surface area (Å²) in [4.78, 5) is 61.3. The number of rotatable bonds is 6. The highest BCUT2D eigenvalue weighted by molar-refractivity contribution is 9.10. The minimum absolute atomic E-state index is 0.0161. The van der Waals surface area contributed by atoms with E-state index in [9.17, 15) is 42.5 Å². The molecule has 11 nitrogen and oxygen atoms in total. The fourth-order valence-corrected chi connectivity index (χ4v) is 4.06. The van der Waals surface area contributed by atoms with Crippen molar-refractivity contribution in [2.75, 3.05) is 12.0 Å². The first-order valence-electron chi connectivity index (χ1n) is 11.2. The van der Waals surface area contributed by atoms with Gasteiger partial charge in [0.15, 0.2) is 0 Å². The fourth-order valence-electron chi connectivity index (χ4n) is 3.68. The first-order valence-corrected chi connectivity index (χ1v) is 12.0. The highest BCUT2D eigenvalue weighted by atomic mass is 79.9. The lowest BCUT2D eigenvalue weighted by molar-refractivity contribution is -0.385. The molecular weight excluding hydrogens is 619 g/mol. The van der Waals surface area contributed by atoms with Gasteiger partial charge in [-0.05, 0) is 60.7 Å². The van der Waals surface area contributed by atoms with Gasteiger partial charge in [-0.2, -0.15) is 13.2 Å². The highest BCUT2D eigenvalue weighted by Gasteiger charge is 2.37. The van der Waals surface area contributed by atoms with E-state index < -0.39 is 57.5 Å². The fraction of sp³-hybridized carbons (Fsp3) is 0.0769. The van der Waals surface area contributed by atoms with E-state index >= 15 is 0 Å². The standard InChI is InChI=1S/C26H15BrF3N3O8/c1-40-24(36)13-2-6-17(7-3-13)32-23(35)18(22(34)31-25(32)37)11-14-10-16(27)5-9-20(14)41-21-8-4-15(26(28,29)30)12-19(21)33(38)39/h2-12H,1H3,(H,31,34,37)/b18-11+. The maximum atomic E-state index is 13.3. The van der Waals surface area contributed by atoms with Crippen molar-refractivity contribution in [2.24, 2.45) is 0 Å². The Morgan fingerprint density at radius 1 is 1.02 bits per heavy atom. The second kappa shape index (κ2) is 11.2. The van der Waals surface area contributed by atoms with Gasteiger partial charge in [0.2, 0.25) is 5.75 Å². The summed E-state index contributed by atoms with van der Waals surface area (Å²) in [5, 5.41) is 13.5. The van der Waals surface area contributed by atoms with Crippen LogP contribution >= 0.6 is 15.9 Å². The number of esters is 1. The van der Waals surface area contributed by atoms with Crippen molar-refractivity contribution < 1.29 is 46.7 Å². The smallest absolute Gasteiger partial charge is 0.416 e. The van der Waals surface area contributed by atoms with E-state index in [1.165, 1.54) is 49.6 Å². The number of anilines is 1. The monoisotopic (exact) mass is 633 g/mol. The largest absolute Gasteiger partial charge is 0.465 e. The molecule has 210 valence electrons. The topological polar surface area (TPSA) is 145 Å². The van der Waals surface area contributed by atoms with Crippen molar-refractivity contribution in [1.29, 1.82) is 0 Å². The SMILES string of the molecule is COC(=O)c1ccc(N2C(=O)NC(=O)/C(=C\c3cc(Br)ccc3Oc3ccc(C(F)(F)F)cc3[N+](=O)[O-])C2=O)cc1. The number of halogens is 4. The van der Waals surface area contributed by atoms with Crippen molar-refractivity contribution >= 4 is 57.2 Å². The molecule has 1 aliphatic rings. The second-order valence-corrected chi connectivity index (χ2v) is 9.13. The lowest BCUT2D eigenvalue weighted by Gasteiger charge is -2.26. The second-order valence-electron chi connectivity index (χ2n) is 8.22. The van der Waals surface area contributed by atoms with Gasteiger partial charge in [-0.1, -0.05) is 15.9 Å². The number of nitro groups is 1. The third-order valence-electron chi connectivity index (χ3n) is 5.62. The van der Waals surface area contributed by atoms with Gasteiger partial charge in [0.1, 0.15) is 11.3 Å². The van der Waals surface area contributed by atoms with Crippen LogP contribution < -0.4 is 15.0 Å². The summed E-state index contributed by atoms with van der Waals surface area (Å²) in [6.07, 6.45) is -3.79. The molecule has 1 saturated heterocycles. The van der Waals surface area contributed by atoms with Gasteiger partial charge in [0, 0.05) is 16.1 Å². The summed E-state index contributed by atoms with van der Waals surface area (Å²) in [5.41, 5.74) is -2.59. The quantitative estimate of drug-likeness (QED) is 0.121. The molecule has 1 aliphatic heterocycles. The number of nitrogens with one attached hydrogen (secondary N) is 1. The number of urea groups is 1. The molecule has 0 spiro atoms. The molecule has 41 heavy (non-hydrogen) atoms. The summed E-state index contributed by atoms with van der Waals surface area (Å²) < 4.78 is 49.9. The zero-order valence-corrected chi connectivity index (χ0v) is 22.1. The number of carbonyl (C=O) groups excluding carboxylic acids is 4. The minimum atomic E-state index is -4.84. The number of alkyl halides is 3. The Hall–Kier alpha value is -5.05. The van der Waals surface area contributed by atoms with Gasteiger partial charge in [0.25, 0.3) is 11.8 Å². The van der Waals surface area contributed by atoms with Crippen LogP contribution in [0.3, 0.4) is 0 Å². The van der Waals surface area contributed by atoms with E-state index in [1.54, 1.807) is 0 Å². The van der Waals surface area contributed by atoms with Crippen LogP contribution in [0.25, 0.3) is 6.08 Å². The van der Waals surface area contributed by atoms with Crippen LogP contribution in [-0.2, 0) is 20.5 Å². The molecule has 1 N–H and O–H groups in total. The predicted molar refractivity (Wildman–Crippen MR) is 139 cm³/mol. The Balaban J connectivity index is 1.73. The lowest BCUT2D eigenvalue weighted by atomic mass is 10.1. The number of carbonyl (C=O) groups is 4. The molecule has 3 aromatic rings. The van der Waals surface area contributed by atoms with Crippen LogP contribution in [0.15, 0.2) is 70.7 Å². The van der Waals surface area contributed by atoms with Crippen molar-refractivity contribution in [3.8, 4) is 11.5 Å². The Morgan fingerprint density at radius 3 is 2.29 bits per heavy atom. The van der Waals surface area contributed by atoms with Gasteiger partial charge in [-0.25, -0.2) is 14.5 Å². The van der Waals surface area contributed by atoms with E-state index in [2.05, 4.69) is 20.7 Å². The Kier molecular flexibility index (Phi) is 7.91. The molecule has 4 amide bonds. The number of ether oxygens (including phenoxy) is 2. The molecule has 1 heterocycles. The molecule has 4 rings (SSSR count). The number of amides is 4. The summed E-state index contributed by atoms with van der Waals surface area (Å²) in [6, 6.07) is 9.95. The van der Waals surface area contributed by atoms with Crippen LogP contribution in [0.5, 0.6) is 11.5 Å². The van der Waals surface area contributed by atoms with Crippen molar-refractivity contribution in [3.63, 3.8) is 0 Å². The van der Waals surface area contributed by atoms with E-state index in [1.807, 2.05) is 5.32 Å². The number of imide groups is 2. The van der Waals surface area contributed by atoms with Crippen LogP contribution in [-0.4, -0.2) is 35.8 Å². The molecule has 3 aromatic carbocycles. The number of hydrogen-bond acceptors (Lipinski definition) is 8. The molecule has 0 unspecified atom stereocenters. The van der Waals surface area contributed by atoms with Crippen molar-refractivity contribution in [2.45, 2.75) is 6.18 Å². The third-order valence-corrected chi connectivity index (χ3v) is 6.12. The van der Waals surface area contributed by atoms with E-state index in [-0.39, 0.29) is 22.6 Å². The number of methoxy groups -OCH3 is 1. The van der Waals surface area contributed by atoms with Crippen molar-refractivity contribution in [1.82, 2.24) is 5.32 Å². The molecule has 0 aromatic heterocycles. The predicted octanol–water partition coefficient (Wildman–Crippen LogP) is 5.62. The van der Waals surface area contributed by atoms with E-state index in [4.69, 9.17) is 4.74 Å². The number of nitrogens with zero attached hydrogens (tertiary/aromatic N) is 2. The lowest BCUT2D eigenvalue weighted by Crippen LogP contribution is -2.54. The summed E-state index contributed by atoms with van der Waals surface area (Å²) in [7, 11) is 1.18. The van der Waals surface area contributed by atoms with Gasteiger partial charge in [-0.3, -0.25) is 25.0 Å². The van der Waals surface area contributed by atoms with E-state index in [0.29, 0.717) is 21.5 Å². The maximum absolute atomic E-state index is 13.3. The Bertz CT molecular complexity index is 1640. The average Bonchev–Trinajstić information content (AvgIpc) is 2.91. The first kappa shape index (κ1) is 28.9.